The van der Waals surface area contributed by atoms with Crippen LogP contribution in [0.1, 0.15) is 5.56 Å². The van der Waals surface area contributed by atoms with E-state index < -0.39 is 4.92 Å². The fourth-order valence-corrected chi connectivity index (χ4v) is 2.42. The van der Waals surface area contributed by atoms with Crippen LogP contribution in [0.2, 0.25) is 0 Å². The second kappa shape index (κ2) is 6.00. The van der Waals surface area contributed by atoms with Gasteiger partial charge in [0.05, 0.1) is 10.6 Å². The summed E-state index contributed by atoms with van der Waals surface area (Å²) >= 11 is 3.31. The van der Waals surface area contributed by atoms with Gasteiger partial charge in [0.15, 0.2) is 0 Å². The van der Waals surface area contributed by atoms with Gasteiger partial charge in [-0.25, -0.2) is 4.39 Å². The molecule has 0 amide bonds. The highest BCUT2D eigenvalue weighted by Crippen LogP contribution is 2.32. The zero-order valence-corrected chi connectivity index (χ0v) is 12.3. The van der Waals surface area contributed by atoms with Gasteiger partial charge in [-0.15, -0.1) is 0 Å². The molecule has 6 heteroatoms. The zero-order valence-electron chi connectivity index (χ0n) is 10.7. The Morgan fingerprint density at radius 2 is 1.95 bits per heavy atom. The Balaban J connectivity index is 2.47. The van der Waals surface area contributed by atoms with E-state index in [0.29, 0.717) is 11.0 Å². The van der Waals surface area contributed by atoms with Crippen LogP contribution < -0.4 is 4.90 Å². The van der Waals surface area contributed by atoms with Crippen LogP contribution in [0.25, 0.3) is 0 Å². The molecule has 0 fully saturated rings. The van der Waals surface area contributed by atoms with Crippen molar-refractivity contribution in [3.8, 4) is 0 Å². The molecule has 20 heavy (non-hydrogen) atoms. The van der Waals surface area contributed by atoms with Gasteiger partial charge in [0, 0.05) is 30.2 Å². The molecule has 0 heterocycles. The lowest BCUT2D eigenvalue weighted by molar-refractivity contribution is -0.384. The molecule has 0 unspecified atom stereocenters. The van der Waals surface area contributed by atoms with E-state index in [2.05, 4.69) is 15.9 Å². The van der Waals surface area contributed by atoms with E-state index in [4.69, 9.17) is 0 Å². The molecule has 104 valence electrons. The molecule has 0 saturated heterocycles. The molecule has 0 spiro atoms. The lowest BCUT2D eigenvalue weighted by Crippen LogP contribution is -2.13. The molecule has 0 saturated carbocycles. The van der Waals surface area contributed by atoms with E-state index in [1.807, 2.05) is 0 Å². The summed E-state index contributed by atoms with van der Waals surface area (Å²) in [6, 6.07) is 10.9. The standard InChI is InChI=1S/C14H12BrFN2O2/c1-17(14-5-3-2-4-12(14)16)13-7-6-11(18(19)20)8-10(13)9-15/h2-8H,9H2,1H3. The minimum absolute atomic E-state index is 0.0186. The molecule has 2 aromatic rings. The number of non-ortho nitro benzene ring substituents is 1. The number of hydrogen-bond acceptors (Lipinski definition) is 3. The normalized spacial score (nSPS) is 10.3. The van der Waals surface area contributed by atoms with E-state index in [0.717, 1.165) is 11.3 Å². The fourth-order valence-electron chi connectivity index (χ4n) is 1.97. The summed E-state index contributed by atoms with van der Waals surface area (Å²) < 4.78 is 13.8. The summed E-state index contributed by atoms with van der Waals surface area (Å²) in [5, 5.41) is 11.2. The Hall–Kier alpha value is -1.95. The Morgan fingerprint density at radius 3 is 2.55 bits per heavy atom. The third kappa shape index (κ3) is 2.80. The Morgan fingerprint density at radius 1 is 1.25 bits per heavy atom. The van der Waals surface area contributed by atoms with Gasteiger partial charge >= 0.3 is 0 Å². The van der Waals surface area contributed by atoms with Crippen molar-refractivity contribution in [3.63, 3.8) is 0 Å². The van der Waals surface area contributed by atoms with E-state index in [-0.39, 0.29) is 11.5 Å². The average Bonchev–Trinajstić information content (AvgIpc) is 2.46. The maximum absolute atomic E-state index is 13.8. The number of alkyl halides is 1. The Bertz CT molecular complexity index is 649. The molecule has 0 N–H and O–H groups in total. The molecule has 0 bridgehead atoms. The van der Waals surface area contributed by atoms with Crippen molar-refractivity contribution in [3.05, 3.63) is 64.0 Å². The van der Waals surface area contributed by atoms with Crippen LogP contribution in [-0.2, 0) is 5.33 Å². The highest BCUT2D eigenvalue weighted by molar-refractivity contribution is 9.08. The third-order valence-corrected chi connectivity index (χ3v) is 3.60. The van der Waals surface area contributed by atoms with E-state index >= 15 is 0 Å². The summed E-state index contributed by atoms with van der Waals surface area (Å²) in [5.41, 5.74) is 1.89. The molecule has 0 aromatic heterocycles. The predicted molar refractivity (Wildman–Crippen MR) is 80.2 cm³/mol. The van der Waals surface area contributed by atoms with Crippen LogP contribution in [0.3, 0.4) is 0 Å². The first-order valence-corrected chi connectivity index (χ1v) is 6.98. The number of nitro benzene ring substituents is 1. The van der Waals surface area contributed by atoms with Gasteiger partial charge in [0.1, 0.15) is 5.82 Å². The molecule has 2 aromatic carbocycles. The highest BCUT2D eigenvalue weighted by Gasteiger charge is 2.15. The minimum Gasteiger partial charge on any atom is -0.342 e. The maximum atomic E-state index is 13.8. The van der Waals surface area contributed by atoms with Crippen molar-refractivity contribution in [2.75, 3.05) is 11.9 Å². The number of benzene rings is 2. The second-order valence-electron chi connectivity index (χ2n) is 4.21. The minimum atomic E-state index is -0.445. The van der Waals surface area contributed by atoms with Gasteiger partial charge in [-0.05, 0) is 23.8 Å². The number of nitrogens with zero attached hydrogens (tertiary/aromatic N) is 2. The number of para-hydroxylation sites is 1. The second-order valence-corrected chi connectivity index (χ2v) is 4.77. The van der Waals surface area contributed by atoms with Crippen LogP contribution in [-0.4, -0.2) is 12.0 Å². The third-order valence-electron chi connectivity index (χ3n) is 2.99. The van der Waals surface area contributed by atoms with Crippen molar-refractivity contribution >= 4 is 33.0 Å². The van der Waals surface area contributed by atoms with Crippen LogP contribution in [0.15, 0.2) is 42.5 Å². The van der Waals surface area contributed by atoms with Crippen LogP contribution in [0.5, 0.6) is 0 Å². The molecule has 2 rings (SSSR count). The molecule has 4 nitrogen and oxygen atoms in total. The topological polar surface area (TPSA) is 46.4 Å². The summed E-state index contributed by atoms with van der Waals surface area (Å²) in [7, 11) is 1.73. The molecular formula is C14H12BrFN2O2. The number of hydrogen-bond donors (Lipinski definition) is 0. The smallest absolute Gasteiger partial charge is 0.269 e. The largest absolute Gasteiger partial charge is 0.342 e. The van der Waals surface area contributed by atoms with Crippen molar-refractivity contribution in [1.29, 1.82) is 0 Å². The molecule has 0 radical (unpaired) electrons. The highest BCUT2D eigenvalue weighted by atomic mass is 79.9. The lowest BCUT2D eigenvalue weighted by atomic mass is 10.1. The number of rotatable bonds is 4. The summed E-state index contributed by atoms with van der Waals surface area (Å²) in [6.45, 7) is 0. The fraction of sp³-hybridized carbons (Fsp3) is 0.143. The Kier molecular flexibility index (Phi) is 4.34. The van der Waals surface area contributed by atoms with Gasteiger partial charge in [0.25, 0.3) is 5.69 Å². The van der Waals surface area contributed by atoms with Gasteiger partial charge in [-0.1, -0.05) is 28.1 Å². The summed E-state index contributed by atoms with van der Waals surface area (Å²) in [6.07, 6.45) is 0. The first-order chi connectivity index (χ1) is 9.54. The van der Waals surface area contributed by atoms with Gasteiger partial charge in [-0.3, -0.25) is 10.1 Å². The van der Waals surface area contributed by atoms with Crippen molar-refractivity contribution < 1.29 is 9.31 Å². The van der Waals surface area contributed by atoms with Crippen LogP contribution >= 0.6 is 15.9 Å². The van der Waals surface area contributed by atoms with Gasteiger partial charge < -0.3 is 4.90 Å². The van der Waals surface area contributed by atoms with Crippen molar-refractivity contribution in [2.45, 2.75) is 5.33 Å². The van der Waals surface area contributed by atoms with Crippen LogP contribution in [0.4, 0.5) is 21.5 Å². The van der Waals surface area contributed by atoms with Crippen molar-refractivity contribution in [1.82, 2.24) is 0 Å². The summed E-state index contributed by atoms with van der Waals surface area (Å²) in [5.74, 6) is -0.339. The quantitative estimate of drug-likeness (QED) is 0.471. The number of anilines is 2. The van der Waals surface area contributed by atoms with E-state index in [1.165, 1.54) is 18.2 Å². The molecule has 0 aliphatic rings. The number of halogens is 2. The Labute approximate surface area is 124 Å². The van der Waals surface area contributed by atoms with E-state index in [9.17, 15) is 14.5 Å². The van der Waals surface area contributed by atoms with Crippen LogP contribution in [0, 0.1) is 15.9 Å². The first kappa shape index (κ1) is 14.5. The summed E-state index contributed by atoms with van der Waals surface area (Å²) in [4.78, 5) is 12.0. The van der Waals surface area contributed by atoms with Gasteiger partial charge in [0.2, 0.25) is 0 Å². The lowest BCUT2D eigenvalue weighted by Gasteiger charge is -2.22. The van der Waals surface area contributed by atoms with Crippen molar-refractivity contribution in [2.24, 2.45) is 0 Å². The average molecular weight is 339 g/mol. The predicted octanol–water partition coefficient (Wildman–Crippen LogP) is 4.40. The molecule has 0 atom stereocenters. The monoisotopic (exact) mass is 338 g/mol. The molecule has 0 aliphatic carbocycles. The van der Waals surface area contributed by atoms with E-state index in [1.54, 1.807) is 36.2 Å². The molecular weight excluding hydrogens is 327 g/mol. The first-order valence-electron chi connectivity index (χ1n) is 5.86. The number of nitro groups is 1. The maximum Gasteiger partial charge on any atom is 0.269 e. The van der Waals surface area contributed by atoms with Gasteiger partial charge in [-0.2, -0.15) is 0 Å². The SMILES string of the molecule is CN(c1ccccc1F)c1ccc([N+](=O)[O-])cc1CBr. The zero-order chi connectivity index (χ0) is 14.7. The molecule has 0 aliphatic heterocycles.